The number of ketones is 1. The summed E-state index contributed by atoms with van der Waals surface area (Å²) in [4.78, 5) is 31.0. The van der Waals surface area contributed by atoms with Crippen LogP contribution in [0.4, 0.5) is 8.78 Å². The van der Waals surface area contributed by atoms with Gasteiger partial charge in [0.15, 0.2) is 17.4 Å². The number of piperidine rings is 1. The number of Topliss-reactive ketones (excluding diaryl/α,β-unsaturated/α-hetero) is 1. The van der Waals surface area contributed by atoms with E-state index in [9.17, 15) is 18.4 Å². The van der Waals surface area contributed by atoms with Gasteiger partial charge in [-0.3, -0.25) is 9.59 Å². The van der Waals surface area contributed by atoms with Crippen molar-refractivity contribution in [3.8, 4) is 17.4 Å². The average molecular weight is 527 g/mol. The molecule has 3 heterocycles. The fourth-order valence-electron chi connectivity index (χ4n) is 3.96. The number of benzene rings is 2. The van der Waals surface area contributed by atoms with Crippen molar-refractivity contribution in [3.05, 3.63) is 105 Å². The van der Waals surface area contributed by atoms with E-state index in [1.54, 1.807) is 42.5 Å². The molecule has 1 aliphatic heterocycles. The predicted octanol–water partition coefficient (Wildman–Crippen LogP) is 5.65. The molecule has 0 saturated carbocycles. The lowest BCUT2D eigenvalue weighted by molar-refractivity contribution is -0.144. The number of hydrogen-bond donors (Lipinski definition) is 1. The van der Waals surface area contributed by atoms with Gasteiger partial charge in [0.2, 0.25) is 12.0 Å². The number of amides is 1. The van der Waals surface area contributed by atoms with Crippen LogP contribution in [0.15, 0.2) is 77.5 Å². The number of rotatable bonds is 6. The monoisotopic (exact) mass is 526 g/mol. The average Bonchev–Trinajstić information content (AvgIpc) is 3.41. The zero-order chi connectivity index (χ0) is 25.3. The molecule has 5 rings (SSSR count). The van der Waals surface area contributed by atoms with Crippen molar-refractivity contribution in [3.63, 3.8) is 0 Å². The third-order valence-electron chi connectivity index (χ3n) is 5.68. The SMILES string of the molecule is O=C1CC(c2ccsc2)(c2cccc(Oc3ccc(F)c(F)c3)n2)NC(=O)C1Oc1ccccc1Cl. The van der Waals surface area contributed by atoms with Gasteiger partial charge in [-0.1, -0.05) is 29.8 Å². The van der Waals surface area contributed by atoms with Crippen molar-refractivity contribution >= 4 is 34.6 Å². The number of ether oxygens (including phenoxy) is 2. The molecule has 10 heteroatoms. The van der Waals surface area contributed by atoms with Crippen LogP contribution in [0.3, 0.4) is 0 Å². The van der Waals surface area contributed by atoms with Crippen molar-refractivity contribution in [1.29, 1.82) is 0 Å². The Hall–Kier alpha value is -3.82. The highest BCUT2D eigenvalue weighted by molar-refractivity contribution is 7.08. The van der Waals surface area contributed by atoms with Gasteiger partial charge in [-0.2, -0.15) is 11.3 Å². The minimum atomic E-state index is -1.39. The summed E-state index contributed by atoms with van der Waals surface area (Å²) in [5.41, 5.74) is -0.302. The number of hydrogen-bond acceptors (Lipinski definition) is 6. The summed E-state index contributed by atoms with van der Waals surface area (Å²) in [5.74, 6) is -2.84. The number of carbonyl (C=O) groups is 2. The molecule has 0 radical (unpaired) electrons. The Morgan fingerprint density at radius 1 is 1.03 bits per heavy atom. The summed E-state index contributed by atoms with van der Waals surface area (Å²) in [6.45, 7) is 0. The van der Waals surface area contributed by atoms with E-state index in [-0.39, 0.29) is 28.8 Å². The summed E-state index contributed by atoms with van der Waals surface area (Å²) in [5, 5.41) is 6.84. The minimum Gasteiger partial charge on any atom is -0.471 e. The maximum absolute atomic E-state index is 13.6. The van der Waals surface area contributed by atoms with E-state index < -0.39 is 35.0 Å². The van der Waals surface area contributed by atoms with Crippen LogP contribution in [0.2, 0.25) is 5.02 Å². The number of carbonyl (C=O) groups excluding carboxylic acids is 2. The number of pyridine rings is 1. The Kier molecular flexibility index (Phi) is 6.42. The zero-order valence-electron chi connectivity index (χ0n) is 18.4. The molecule has 2 unspecified atom stereocenters. The topological polar surface area (TPSA) is 77.5 Å². The van der Waals surface area contributed by atoms with Crippen LogP contribution in [0.5, 0.6) is 17.4 Å². The highest BCUT2D eigenvalue weighted by Gasteiger charge is 2.49. The first-order valence-corrected chi connectivity index (χ1v) is 12.1. The van der Waals surface area contributed by atoms with Gasteiger partial charge in [-0.15, -0.1) is 0 Å². The molecule has 1 fully saturated rings. The molecule has 36 heavy (non-hydrogen) atoms. The first kappa shape index (κ1) is 23.9. The van der Waals surface area contributed by atoms with E-state index in [0.717, 1.165) is 12.1 Å². The summed E-state index contributed by atoms with van der Waals surface area (Å²) >= 11 is 7.54. The Morgan fingerprint density at radius 2 is 1.86 bits per heavy atom. The molecule has 1 saturated heterocycles. The molecule has 2 aromatic carbocycles. The van der Waals surface area contributed by atoms with Gasteiger partial charge in [-0.05, 0) is 52.7 Å². The van der Waals surface area contributed by atoms with E-state index in [4.69, 9.17) is 21.1 Å². The maximum atomic E-state index is 13.6. The lowest BCUT2D eigenvalue weighted by atomic mass is 9.79. The van der Waals surface area contributed by atoms with E-state index in [2.05, 4.69) is 10.3 Å². The third kappa shape index (κ3) is 4.55. The number of nitrogens with zero attached hydrogens (tertiary/aromatic N) is 1. The van der Waals surface area contributed by atoms with Crippen LogP contribution in [-0.4, -0.2) is 22.8 Å². The van der Waals surface area contributed by atoms with Gasteiger partial charge in [0, 0.05) is 18.6 Å². The fourth-order valence-corrected chi connectivity index (χ4v) is 4.87. The standard InChI is InChI=1S/C26H17ClF2N2O4S/c27-17-4-1-2-5-21(17)35-24-20(32)13-26(31-25(24)33,15-10-11-36-14-15)22-6-3-7-23(30-22)34-16-8-9-18(28)19(29)12-16/h1-12,14,24H,13H2,(H,31,33). The molecule has 2 aromatic heterocycles. The Morgan fingerprint density at radius 3 is 2.58 bits per heavy atom. The van der Waals surface area contributed by atoms with Gasteiger partial charge < -0.3 is 14.8 Å². The van der Waals surface area contributed by atoms with E-state index >= 15 is 0 Å². The molecule has 0 aliphatic carbocycles. The van der Waals surface area contributed by atoms with Crippen molar-refractivity contribution < 1.29 is 27.8 Å². The van der Waals surface area contributed by atoms with Crippen molar-refractivity contribution in [1.82, 2.24) is 10.3 Å². The van der Waals surface area contributed by atoms with Crippen molar-refractivity contribution in [2.45, 2.75) is 18.1 Å². The molecule has 1 aliphatic rings. The van der Waals surface area contributed by atoms with E-state index in [0.29, 0.717) is 11.3 Å². The third-order valence-corrected chi connectivity index (χ3v) is 6.67. The number of para-hydroxylation sites is 1. The van der Waals surface area contributed by atoms with Gasteiger partial charge in [0.1, 0.15) is 17.0 Å². The van der Waals surface area contributed by atoms with Crippen LogP contribution >= 0.6 is 22.9 Å². The van der Waals surface area contributed by atoms with Gasteiger partial charge in [-0.25, -0.2) is 13.8 Å². The molecule has 182 valence electrons. The van der Waals surface area contributed by atoms with Crippen LogP contribution in [-0.2, 0) is 15.1 Å². The Bertz CT molecular complexity index is 1430. The van der Waals surface area contributed by atoms with Gasteiger partial charge in [0.05, 0.1) is 10.7 Å². The molecule has 0 bridgehead atoms. The molecular formula is C26H17ClF2N2O4S. The number of thiophene rings is 1. The lowest BCUT2D eigenvalue weighted by Crippen LogP contribution is -2.60. The highest BCUT2D eigenvalue weighted by atomic mass is 35.5. The molecule has 0 spiro atoms. The van der Waals surface area contributed by atoms with Crippen LogP contribution in [0.1, 0.15) is 17.7 Å². The first-order chi connectivity index (χ1) is 17.4. The summed E-state index contributed by atoms with van der Waals surface area (Å²) < 4.78 is 38.2. The first-order valence-electron chi connectivity index (χ1n) is 10.7. The normalized spacial score (nSPS) is 19.6. The van der Waals surface area contributed by atoms with Crippen molar-refractivity contribution in [2.75, 3.05) is 0 Å². The molecule has 1 amide bonds. The molecule has 2 atom stereocenters. The van der Waals surface area contributed by atoms with Gasteiger partial charge >= 0.3 is 0 Å². The predicted molar refractivity (Wildman–Crippen MR) is 129 cm³/mol. The molecule has 6 nitrogen and oxygen atoms in total. The number of aromatic nitrogens is 1. The van der Waals surface area contributed by atoms with Crippen molar-refractivity contribution in [2.24, 2.45) is 0 Å². The van der Waals surface area contributed by atoms with E-state index in [1.807, 2.05) is 10.8 Å². The summed E-state index contributed by atoms with van der Waals surface area (Å²) in [6.07, 6.45) is -1.54. The number of nitrogens with one attached hydrogen (secondary N) is 1. The van der Waals surface area contributed by atoms with E-state index in [1.165, 1.54) is 23.5 Å². The molecule has 4 aromatic rings. The number of halogens is 3. The zero-order valence-corrected chi connectivity index (χ0v) is 20.0. The Balaban J connectivity index is 1.48. The second-order valence-electron chi connectivity index (χ2n) is 8.02. The molecular weight excluding hydrogens is 510 g/mol. The largest absolute Gasteiger partial charge is 0.471 e. The smallest absolute Gasteiger partial charge is 0.269 e. The second kappa shape index (κ2) is 9.67. The summed E-state index contributed by atoms with van der Waals surface area (Å²) in [7, 11) is 0. The second-order valence-corrected chi connectivity index (χ2v) is 9.20. The quantitative estimate of drug-likeness (QED) is 0.329. The van der Waals surface area contributed by atoms with Crippen LogP contribution in [0.25, 0.3) is 0 Å². The fraction of sp³-hybridized carbons (Fsp3) is 0.115. The highest BCUT2D eigenvalue weighted by Crippen LogP contribution is 2.38. The van der Waals surface area contributed by atoms with Crippen LogP contribution < -0.4 is 14.8 Å². The van der Waals surface area contributed by atoms with Gasteiger partial charge in [0.25, 0.3) is 5.91 Å². The Labute approximate surface area is 213 Å². The summed E-state index contributed by atoms with van der Waals surface area (Å²) in [6, 6.07) is 16.3. The van der Waals surface area contributed by atoms with Crippen LogP contribution in [0, 0.1) is 11.6 Å². The minimum absolute atomic E-state index is 0.0418. The maximum Gasteiger partial charge on any atom is 0.269 e. The lowest BCUT2D eigenvalue weighted by Gasteiger charge is -2.39. The molecule has 1 N–H and O–H groups in total.